The summed E-state index contributed by atoms with van der Waals surface area (Å²) in [5, 5.41) is 4.02. The molecule has 0 N–H and O–H groups in total. The van der Waals surface area contributed by atoms with Crippen molar-refractivity contribution in [1.29, 1.82) is 0 Å². The third kappa shape index (κ3) is 4.39. The van der Waals surface area contributed by atoms with Gasteiger partial charge in [-0.05, 0) is 44.0 Å². The van der Waals surface area contributed by atoms with Crippen LogP contribution in [0.25, 0.3) is 11.0 Å². The van der Waals surface area contributed by atoms with E-state index in [0.29, 0.717) is 29.2 Å². The Morgan fingerprint density at radius 3 is 2.71 bits per heavy atom. The van der Waals surface area contributed by atoms with E-state index < -0.39 is 5.56 Å². The Balaban J connectivity index is 1.96. The predicted octanol–water partition coefficient (Wildman–Crippen LogP) is 2.34. The van der Waals surface area contributed by atoms with E-state index in [1.54, 1.807) is 6.08 Å². The molecule has 8 heteroatoms. The number of benzene rings is 1. The zero-order valence-electron chi connectivity index (χ0n) is 16.2. The lowest BCUT2D eigenvalue weighted by atomic mass is 10.2. The van der Waals surface area contributed by atoms with Crippen LogP contribution in [0.15, 0.2) is 27.8 Å². The first kappa shape index (κ1) is 20.0. The van der Waals surface area contributed by atoms with Gasteiger partial charge in [0, 0.05) is 0 Å². The summed E-state index contributed by atoms with van der Waals surface area (Å²) in [4.78, 5) is 28.4. The van der Waals surface area contributed by atoms with Gasteiger partial charge in [-0.3, -0.25) is 9.59 Å². The van der Waals surface area contributed by atoms with E-state index in [2.05, 4.69) is 17.0 Å². The quantitative estimate of drug-likeness (QED) is 0.539. The Morgan fingerprint density at radius 2 is 1.96 bits per heavy atom. The number of aryl methyl sites for hydroxylation is 1. The highest BCUT2D eigenvalue weighted by atomic mass is 32.1. The van der Waals surface area contributed by atoms with Crippen LogP contribution in [0.4, 0.5) is 0 Å². The molecule has 0 unspecified atom stereocenters. The predicted molar refractivity (Wildman–Crippen MR) is 110 cm³/mol. The normalized spacial score (nSPS) is 11.9. The monoisotopic (exact) mass is 401 g/mol. The average molecular weight is 401 g/mol. The highest BCUT2D eigenvalue weighted by Gasteiger charge is 2.10. The molecule has 0 amide bonds. The fourth-order valence-electron chi connectivity index (χ4n) is 2.67. The molecule has 3 aromatic rings. The van der Waals surface area contributed by atoms with Gasteiger partial charge < -0.3 is 9.47 Å². The van der Waals surface area contributed by atoms with Crippen LogP contribution in [0.3, 0.4) is 0 Å². The molecule has 0 aliphatic carbocycles. The Bertz CT molecular complexity index is 1140. The minimum Gasteiger partial charge on any atom is -0.490 e. The molecule has 0 bridgehead atoms. The lowest BCUT2D eigenvalue weighted by molar-refractivity contribution is 0.271. The molecule has 0 saturated heterocycles. The second-order valence-electron chi connectivity index (χ2n) is 6.31. The van der Waals surface area contributed by atoms with Gasteiger partial charge >= 0.3 is 0 Å². The lowest BCUT2D eigenvalue weighted by Crippen LogP contribution is -2.27. The highest BCUT2D eigenvalue weighted by Crippen LogP contribution is 2.29. The molecule has 28 heavy (non-hydrogen) atoms. The van der Waals surface area contributed by atoms with Crippen LogP contribution in [-0.2, 0) is 0 Å². The van der Waals surface area contributed by atoms with Crippen LogP contribution in [-0.4, -0.2) is 27.8 Å². The molecular formula is C20H23N3O4S. The van der Waals surface area contributed by atoms with E-state index in [9.17, 15) is 9.59 Å². The van der Waals surface area contributed by atoms with E-state index in [1.807, 2.05) is 25.1 Å². The number of nitrogens with zero attached hydrogens (tertiary/aromatic N) is 3. The molecular weight excluding hydrogens is 378 g/mol. The van der Waals surface area contributed by atoms with Crippen LogP contribution < -0.4 is 25.1 Å². The molecule has 2 aromatic heterocycles. The fourth-order valence-corrected chi connectivity index (χ4v) is 3.58. The molecule has 2 heterocycles. The van der Waals surface area contributed by atoms with Crippen LogP contribution in [0.5, 0.6) is 11.5 Å². The summed E-state index contributed by atoms with van der Waals surface area (Å²) >= 11 is 1.13. The van der Waals surface area contributed by atoms with Crippen molar-refractivity contribution < 1.29 is 9.47 Å². The van der Waals surface area contributed by atoms with Crippen molar-refractivity contribution in [2.75, 3.05) is 13.2 Å². The number of thiazole rings is 1. The highest BCUT2D eigenvalue weighted by molar-refractivity contribution is 7.15. The number of unbranched alkanes of at least 4 members (excludes halogenated alkanes) is 2. The Morgan fingerprint density at radius 1 is 1.14 bits per heavy atom. The third-order valence-electron chi connectivity index (χ3n) is 4.11. The van der Waals surface area contributed by atoms with E-state index >= 15 is 0 Å². The number of hydrogen-bond donors (Lipinski definition) is 0. The summed E-state index contributed by atoms with van der Waals surface area (Å²) in [6.45, 7) is 6.76. The maximum atomic E-state index is 12.6. The molecule has 0 saturated carbocycles. The maximum absolute atomic E-state index is 12.6. The van der Waals surface area contributed by atoms with E-state index in [-0.39, 0.29) is 16.2 Å². The molecule has 0 aliphatic rings. The number of fused-ring (bicyclic) bond motifs is 1. The zero-order valence-corrected chi connectivity index (χ0v) is 17.0. The van der Waals surface area contributed by atoms with Crippen molar-refractivity contribution in [2.45, 2.75) is 40.0 Å². The summed E-state index contributed by atoms with van der Waals surface area (Å²) < 4.78 is 13.2. The van der Waals surface area contributed by atoms with Gasteiger partial charge in [0.05, 0.1) is 17.7 Å². The first-order chi connectivity index (χ1) is 13.5. The van der Waals surface area contributed by atoms with Crippen molar-refractivity contribution in [2.24, 2.45) is 0 Å². The van der Waals surface area contributed by atoms with E-state index in [1.165, 1.54) is 11.4 Å². The number of rotatable bonds is 8. The number of hydrogen-bond acceptors (Lipinski definition) is 7. The van der Waals surface area contributed by atoms with Crippen LogP contribution in [0.1, 0.15) is 44.4 Å². The van der Waals surface area contributed by atoms with Crippen LogP contribution in [0, 0.1) is 6.92 Å². The fraction of sp³-hybridized carbons (Fsp3) is 0.400. The van der Waals surface area contributed by atoms with Crippen LogP contribution >= 0.6 is 11.3 Å². The zero-order chi connectivity index (χ0) is 20.1. The number of aromatic nitrogens is 3. The third-order valence-corrected chi connectivity index (χ3v) is 5.07. The van der Waals surface area contributed by atoms with Gasteiger partial charge in [-0.1, -0.05) is 37.2 Å². The van der Waals surface area contributed by atoms with Gasteiger partial charge in [-0.15, -0.1) is 0 Å². The molecule has 0 atom stereocenters. The Kier molecular flexibility index (Phi) is 6.41. The summed E-state index contributed by atoms with van der Waals surface area (Å²) in [5.74, 6) is 1.33. The van der Waals surface area contributed by atoms with Crippen molar-refractivity contribution in [1.82, 2.24) is 14.6 Å². The largest absolute Gasteiger partial charge is 0.490 e. The maximum Gasteiger partial charge on any atom is 0.295 e. The standard InChI is InChI=1S/C20H23N3O4S/c1-4-6-7-10-27-15-9-8-14(11-16(15)26-5-2)12-17-19(25)23-20(28-17)21-18(24)13(3)22-23/h8-9,11-12H,4-7,10H2,1-3H3/b17-12-. The van der Waals surface area contributed by atoms with E-state index in [4.69, 9.17) is 9.47 Å². The van der Waals surface area contributed by atoms with Gasteiger partial charge in [-0.25, -0.2) is 0 Å². The first-order valence-corrected chi connectivity index (χ1v) is 10.2. The van der Waals surface area contributed by atoms with Gasteiger partial charge in [0.1, 0.15) is 5.69 Å². The molecule has 148 valence electrons. The molecule has 0 radical (unpaired) electrons. The van der Waals surface area contributed by atoms with Gasteiger partial charge in [0.15, 0.2) is 11.5 Å². The van der Waals surface area contributed by atoms with Crippen LogP contribution in [0.2, 0.25) is 0 Å². The molecule has 0 aliphatic heterocycles. The second kappa shape index (κ2) is 8.97. The summed E-state index contributed by atoms with van der Waals surface area (Å²) in [6, 6.07) is 5.57. The minimum atomic E-state index is -0.420. The van der Waals surface area contributed by atoms with Gasteiger partial charge in [-0.2, -0.15) is 14.6 Å². The van der Waals surface area contributed by atoms with E-state index in [0.717, 1.165) is 36.2 Å². The minimum absolute atomic E-state index is 0.196. The summed E-state index contributed by atoms with van der Waals surface area (Å²) in [7, 11) is 0. The number of ether oxygens (including phenoxy) is 2. The molecule has 7 nitrogen and oxygen atoms in total. The van der Waals surface area contributed by atoms with Crippen molar-refractivity contribution in [3.63, 3.8) is 0 Å². The first-order valence-electron chi connectivity index (χ1n) is 9.35. The van der Waals surface area contributed by atoms with Crippen molar-refractivity contribution >= 4 is 22.4 Å². The van der Waals surface area contributed by atoms with Gasteiger partial charge in [0.25, 0.3) is 11.1 Å². The second-order valence-corrected chi connectivity index (χ2v) is 7.32. The average Bonchev–Trinajstić information content (AvgIpc) is 2.96. The Labute approximate surface area is 166 Å². The van der Waals surface area contributed by atoms with Crippen molar-refractivity contribution in [3.8, 4) is 11.5 Å². The summed E-state index contributed by atoms with van der Waals surface area (Å²) in [6.07, 6.45) is 5.00. The molecule has 0 spiro atoms. The topological polar surface area (TPSA) is 82.8 Å². The lowest BCUT2D eigenvalue weighted by Gasteiger charge is -2.12. The van der Waals surface area contributed by atoms with Crippen molar-refractivity contribution in [3.05, 3.63) is 54.7 Å². The molecule has 0 fully saturated rings. The SMILES string of the molecule is CCCCCOc1ccc(/C=c2\sc3nc(=O)c(C)nn3c2=O)cc1OCC. The summed E-state index contributed by atoms with van der Waals surface area (Å²) in [5.41, 5.74) is 0.277. The Hall–Kier alpha value is -2.74. The molecule has 3 rings (SSSR count). The van der Waals surface area contributed by atoms with Gasteiger partial charge in [0.2, 0.25) is 4.96 Å². The molecule has 1 aromatic carbocycles. The smallest absolute Gasteiger partial charge is 0.295 e.